The molecule has 1 rings (SSSR count). The second-order valence-corrected chi connectivity index (χ2v) is 6.18. The summed E-state index contributed by atoms with van der Waals surface area (Å²) in [6.07, 6.45) is -0.253. The maximum atomic E-state index is 11.9. The largest absolute Gasteiger partial charge is 0.469 e. The van der Waals surface area contributed by atoms with Crippen molar-refractivity contribution in [3.05, 3.63) is 28.8 Å². The first-order valence-corrected chi connectivity index (χ1v) is 7.87. The number of aliphatic hydroxyl groups excluding tert-OH is 1. The number of sulfonamides is 1. The first kappa shape index (κ1) is 17.3. The van der Waals surface area contributed by atoms with E-state index < -0.39 is 21.7 Å². The molecule has 0 fully saturated rings. The molecule has 0 aliphatic rings. The lowest BCUT2D eigenvalue weighted by Gasteiger charge is -2.09. The number of benzene rings is 1. The molecule has 0 saturated heterocycles. The van der Waals surface area contributed by atoms with E-state index >= 15 is 0 Å². The third-order valence-electron chi connectivity index (χ3n) is 2.35. The number of hydrogen-bond acceptors (Lipinski definition) is 5. The lowest BCUT2D eigenvalue weighted by atomic mass is 10.2. The number of ether oxygens (including phenoxy) is 1. The van der Waals surface area contributed by atoms with Gasteiger partial charge in [0.15, 0.2) is 0 Å². The summed E-state index contributed by atoms with van der Waals surface area (Å²) in [5.74, 6) is 3.99. The zero-order chi connectivity index (χ0) is 15.9. The van der Waals surface area contributed by atoms with E-state index in [-0.39, 0.29) is 18.7 Å². The van der Waals surface area contributed by atoms with E-state index in [1.165, 1.54) is 25.3 Å². The van der Waals surface area contributed by atoms with Gasteiger partial charge in [0.25, 0.3) is 0 Å². The van der Waals surface area contributed by atoms with Gasteiger partial charge in [-0.2, -0.15) is 0 Å². The van der Waals surface area contributed by atoms with Gasteiger partial charge in [-0.1, -0.05) is 23.4 Å². The Kier molecular flexibility index (Phi) is 6.49. The minimum Gasteiger partial charge on any atom is -0.469 e. The molecule has 0 saturated carbocycles. The van der Waals surface area contributed by atoms with E-state index in [0.29, 0.717) is 10.6 Å². The minimum absolute atomic E-state index is 0.227. The zero-order valence-electron chi connectivity index (χ0n) is 11.2. The Morgan fingerprint density at radius 1 is 1.48 bits per heavy atom. The van der Waals surface area contributed by atoms with E-state index in [9.17, 15) is 13.2 Å². The molecule has 0 aromatic heterocycles. The number of methoxy groups -OCH3 is 1. The minimum atomic E-state index is -3.72. The topological polar surface area (TPSA) is 92.7 Å². The van der Waals surface area contributed by atoms with Crippen molar-refractivity contribution in [2.45, 2.75) is 6.42 Å². The van der Waals surface area contributed by atoms with Crippen LogP contribution >= 0.6 is 11.6 Å². The summed E-state index contributed by atoms with van der Waals surface area (Å²) >= 11 is 5.82. The third kappa shape index (κ3) is 6.04. The van der Waals surface area contributed by atoms with E-state index in [4.69, 9.17) is 16.7 Å². The fourth-order valence-electron chi connectivity index (χ4n) is 1.38. The molecule has 114 valence electrons. The van der Waals surface area contributed by atoms with Crippen LogP contribution in [0, 0.1) is 11.8 Å². The number of rotatable bonds is 5. The Hall–Kier alpha value is -1.75. The summed E-state index contributed by atoms with van der Waals surface area (Å²) < 4.78 is 30.5. The van der Waals surface area contributed by atoms with E-state index in [0.717, 1.165) is 0 Å². The van der Waals surface area contributed by atoms with E-state index in [1.807, 2.05) is 0 Å². The highest BCUT2D eigenvalue weighted by molar-refractivity contribution is 7.92. The summed E-state index contributed by atoms with van der Waals surface area (Å²) in [6, 6.07) is 4.44. The van der Waals surface area contributed by atoms with Gasteiger partial charge in [0.1, 0.15) is 6.61 Å². The fraction of sp³-hybridized carbons (Fsp3) is 0.308. The van der Waals surface area contributed by atoms with Crippen molar-refractivity contribution < 1.29 is 23.1 Å². The number of halogens is 1. The van der Waals surface area contributed by atoms with Crippen molar-refractivity contribution in [3.63, 3.8) is 0 Å². The monoisotopic (exact) mass is 331 g/mol. The first-order chi connectivity index (χ1) is 9.88. The molecule has 0 heterocycles. The van der Waals surface area contributed by atoms with Crippen molar-refractivity contribution in [3.8, 4) is 11.8 Å². The van der Waals surface area contributed by atoms with Gasteiger partial charge in [0.2, 0.25) is 10.0 Å². The molecule has 1 aromatic rings. The van der Waals surface area contributed by atoms with Crippen LogP contribution < -0.4 is 4.72 Å². The van der Waals surface area contributed by atoms with Gasteiger partial charge >= 0.3 is 5.97 Å². The molecule has 0 spiro atoms. The van der Waals surface area contributed by atoms with Crippen LogP contribution in [-0.2, 0) is 19.6 Å². The molecule has 0 atom stereocenters. The van der Waals surface area contributed by atoms with Crippen LogP contribution in [0.1, 0.15) is 12.0 Å². The molecule has 21 heavy (non-hydrogen) atoms. The summed E-state index contributed by atoms with van der Waals surface area (Å²) in [4.78, 5) is 11.0. The number of aliphatic hydroxyl groups is 1. The maximum Gasteiger partial charge on any atom is 0.306 e. The highest BCUT2D eigenvalue weighted by atomic mass is 35.5. The molecule has 8 heteroatoms. The van der Waals surface area contributed by atoms with Crippen LogP contribution in [0.2, 0.25) is 5.02 Å². The Labute approximate surface area is 128 Å². The number of esters is 1. The Bertz CT molecular complexity index is 676. The lowest BCUT2D eigenvalue weighted by Crippen LogP contribution is -2.20. The van der Waals surface area contributed by atoms with Crippen LogP contribution in [0.25, 0.3) is 0 Å². The van der Waals surface area contributed by atoms with E-state index in [1.54, 1.807) is 0 Å². The van der Waals surface area contributed by atoms with Crippen LogP contribution in [0.3, 0.4) is 0 Å². The van der Waals surface area contributed by atoms with Gasteiger partial charge in [0, 0.05) is 5.02 Å². The zero-order valence-corrected chi connectivity index (χ0v) is 12.8. The summed E-state index contributed by atoms with van der Waals surface area (Å²) in [5, 5.41) is 9.08. The lowest BCUT2D eigenvalue weighted by molar-refractivity contribution is -0.140. The molecular weight excluding hydrogens is 318 g/mol. The van der Waals surface area contributed by atoms with Crippen LogP contribution in [0.4, 0.5) is 5.69 Å². The smallest absolute Gasteiger partial charge is 0.306 e. The molecule has 0 aliphatic heterocycles. The molecule has 1 aromatic carbocycles. The maximum absolute atomic E-state index is 11.9. The van der Waals surface area contributed by atoms with Gasteiger partial charge in [-0.05, 0) is 18.2 Å². The third-order valence-corrected chi connectivity index (χ3v) is 3.86. The van der Waals surface area contributed by atoms with Gasteiger partial charge in [-0.15, -0.1) is 0 Å². The molecule has 0 aliphatic carbocycles. The standard InChI is InChI=1S/C13H14ClNO5S/c1-20-13(17)6-8-21(18,19)15-12-5-4-11(14)9-10(12)3-2-7-16/h4-5,9,15-16H,6-8H2,1H3. The number of nitrogens with one attached hydrogen (secondary N) is 1. The van der Waals surface area contributed by atoms with Crippen LogP contribution in [-0.4, -0.2) is 39.0 Å². The first-order valence-electron chi connectivity index (χ1n) is 5.84. The summed E-state index contributed by atoms with van der Waals surface area (Å²) in [7, 11) is -2.54. The Morgan fingerprint density at radius 3 is 2.81 bits per heavy atom. The van der Waals surface area contributed by atoms with Crippen LogP contribution in [0.5, 0.6) is 0 Å². The van der Waals surface area contributed by atoms with Crippen molar-refractivity contribution in [1.82, 2.24) is 0 Å². The molecule has 0 bridgehead atoms. The normalized spacial score (nSPS) is 10.4. The SMILES string of the molecule is COC(=O)CCS(=O)(=O)Nc1ccc(Cl)cc1C#CCO. The van der Waals surface area contributed by atoms with E-state index in [2.05, 4.69) is 21.3 Å². The number of carbonyl (C=O) groups excluding carboxylic acids is 1. The average molecular weight is 332 g/mol. The molecule has 2 N–H and O–H groups in total. The van der Waals surface area contributed by atoms with Crippen molar-refractivity contribution >= 4 is 33.3 Å². The Balaban J connectivity index is 2.93. The Morgan fingerprint density at radius 2 is 2.19 bits per heavy atom. The number of carbonyl (C=O) groups is 1. The molecular formula is C13H14ClNO5S. The fourth-order valence-corrected chi connectivity index (χ4v) is 2.60. The number of anilines is 1. The highest BCUT2D eigenvalue weighted by Gasteiger charge is 2.15. The molecule has 0 unspecified atom stereocenters. The van der Waals surface area contributed by atoms with Crippen molar-refractivity contribution in [2.24, 2.45) is 0 Å². The van der Waals surface area contributed by atoms with Gasteiger partial charge < -0.3 is 9.84 Å². The van der Waals surface area contributed by atoms with Crippen molar-refractivity contribution in [2.75, 3.05) is 24.2 Å². The second kappa shape index (κ2) is 7.88. The predicted octanol–water partition coefficient (Wildman–Crippen LogP) is 0.989. The quantitative estimate of drug-likeness (QED) is 0.620. The molecule has 0 radical (unpaired) electrons. The van der Waals surface area contributed by atoms with Gasteiger partial charge in [-0.3, -0.25) is 9.52 Å². The molecule has 6 nitrogen and oxygen atoms in total. The van der Waals surface area contributed by atoms with Gasteiger partial charge in [0.05, 0.1) is 30.5 Å². The highest BCUT2D eigenvalue weighted by Crippen LogP contribution is 2.21. The predicted molar refractivity (Wildman–Crippen MR) is 79.5 cm³/mol. The second-order valence-electron chi connectivity index (χ2n) is 3.90. The van der Waals surface area contributed by atoms with Crippen molar-refractivity contribution in [1.29, 1.82) is 0 Å². The average Bonchev–Trinajstić information content (AvgIpc) is 2.44. The van der Waals surface area contributed by atoms with Gasteiger partial charge in [-0.25, -0.2) is 8.42 Å². The van der Waals surface area contributed by atoms with Crippen LogP contribution in [0.15, 0.2) is 18.2 Å². The summed E-state index contributed by atoms with van der Waals surface area (Å²) in [6.45, 7) is -0.360. The summed E-state index contributed by atoms with van der Waals surface area (Å²) in [5.41, 5.74) is 0.559. The molecule has 0 amide bonds. The number of hydrogen-bond donors (Lipinski definition) is 2.